The van der Waals surface area contributed by atoms with Crippen molar-refractivity contribution in [2.45, 2.75) is 26.9 Å². The molecule has 1 aromatic heterocycles. The Kier molecular flexibility index (Phi) is 5.18. The van der Waals surface area contributed by atoms with Gasteiger partial charge in [-0.25, -0.2) is 0 Å². The molecule has 0 radical (unpaired) electrons. The molecule has 0 fully saturated rings. The zero-order valence-corrected chi connectivity index (χ0v) is 13.1. The Balaban J connectivity index is 1.85. The highest BCUT2D eigenvalue weighted by molar-refractivity contribution is 7.10. The summed E-state index contributed by atoms with van der Waals surface area (Å²) in [6.07, 6.45) is 0. The van der Waals surface area contributed by atoms with Gasteiger partial charge in [-0.15, -0.1) is 11.3 Å². The molecule has 0 aliphatic rings. The van der Waals surface area contributed by atoms with Crippen molar-refractivity contribution in [3.8, 4) is 0 Å². The molecule has 0 atom stereocenters. The van der Waals surface area contributed by atoms with Crippen molar-refractivity contribution in [3.05, 3.63) is 57.3 Å². The Labute approximate surface area is 124 Å². The van der Waals surface area contributed by atoms with E-state index in [1.807, 2.05) is 0 Å². The molecule has 0 saturated carbocycles. The number of rotatable bonds is 4. The number of thiophene rings is 1. The van der Waals surface area contributed by atoms with Crippen LogP contribution < -0.4 is 10.6 Å². The minimum Gasteiger partial charge on any atom is -0.352 e. The molecule has 106 valence electrons. The van der Waals surface area contributed by atoms with E-state index >= 15 is 0 Å². The van der Waals surface area contributed by atoms with Gasteiger partial charge in [-0.2, -0.15) is 0 Å². The van der Waals surface area contributed by atoms with Crippen LogP contribution in [0.25, 0.3) is 0 Å². The van der Waals surface area contributed by atoms with Gasteiger partial charge in [0.15, 0.2) is 5.96 Å². The van der Waals surface area contributed by atoms with Crippen LogP contribution in [0.15, 0.2) is 40.7 Å². The maximum absolute atomic E-state index is 4.25. The van der Waals surface area contributed by atoms with Crippen LogP contribution in [-0.2, 0) is 13.1 Å². The van der Waals surface area contributed by atoms with Crippen molar-refractivity contribution in [1.29, 1.82) is 0 Å². The van der Waals surface area contributed by atoms with Gasteiger partial charge in [-0.05, 0) is 36.4 Å². The van der Waals surface area contributed by atoms with Gasteiger partial charge >= 0.3 is 0 Å². The third-order valence-electron chi connectivity index (χ3n) is 3.15. The SMILES string of the molecule is CN=C(NCc1cccc(C)c1)NCc1sccc1C. The predicted molar refractivity (Wildman–Crippen MR) is 87.3 cm³/mol. The van der Waals surface area contributed by atoms with E-state index in [2.05, 4.69) is 65.2 Å². The lowest BCUT2D eigenvalue weighted by atomic mass is 10.1. The minimum atomic E-state index is 0.783. The highest BCUT2D eigenvalue weighted by atomic mass is 32.1. The molecular weight excluding hydrogens is 266 g/mol. The second-order valence-electron chi connectivity index (χ2n) is 4.80. The van der Waals surface area contributed by atoms with Gasteiger partial charge in [-0.3, -0.25) is 4.99 Å². The molecular formula is C16H21N3S. The van der Waals surface area contributed by atoms with Crippen molar-refractivity contribution in [2.24, 2.45) is 4.99 Å². The monoisotopic (exact) mass is 287 g/mol. The average molecular weight is 287 g/mol. The zero-order chi connectivity index (χ0) is 14.4. The molecule has 0 amide bonds. The summed E-state index contributed by atoms with van der Waals surface area (Å²) < 4.78 is 0. The number of benzene rings is 1. The molecule has 3 nitrogen and oxygen atoms in total. The highest BCUT2D eigenvalue weighted by Gasteiger charge is 2.02. The Hall–Kier alpha value is -1.81. The summed E-state index contributed by atoms with van der Waals surface area (Å²) in [4.78, 5) is 5.60. The van der Waals surface area contributed by atoms with Crippen molar-refractivity contribution in [3.63, 3.8) is 0 Å². The largest absolute Gasteiger partial charge is 0.352 e. The first-order valence-corrected chi connectivity index (χ1v) is 7.60. The van der Waals surface area contributed by atoms with E-state index in [9.17, 15) is 0 Å². The zero-order valence-electron chi connectivity index (χ0n) is 12.2. The Morgan fingerprint density at radius 1 is 1.15 bits per heavy atom. The lowest BCUT2D eigenvalue weighted by molar-refractivity contribution is 0.813. The number of nitrogens with one attached hydrogen (secondary N) is 2. The summed E-state index contributed by atoms with van der Waals surface area (Å²) in [5.41, 5.74) is 3.87. The summed E-state index contributed by atoms with van der Waals surface area (Å²) in [5, 5.41) is 8.81. The lowest BCUT2D eigenvalue weighted by Crippen LogP contribution is -2.36. The average Bonchev–Trinajstić information content (AvgIpc) is 2.85. The molecule has 0 bridgehead atoms. The van der Waals surface area contributed by atoms with Gasteiger partial charge in [-0.1, -0.05) is 29.8 Å². The highest BCUT2D eigenvalue weighted by Crippen LogP contribution is 2.14. The Bertz CT molecular complexity index is 587. The van der Waals surface area contributed by atoms with Crippen molar-refractivity contribution >= 4 is 17.3 Å². The first kappa shape index (κ1) is 14.6. The fraction of sp³-hybridized carbons (Fsp3) is 0.312. The molecule has 4 heteroatoms. The molecule has 0 aliphatic heterocycles. The number of aliphatic imine (C=N–C) groups is 1. The molecule has 2 rings (SSSR count). The third kappa shape index (κ3) is 4.10. The number of aryl methyl sites for hydroxylation is 2. The summed E-state index contributed by atoms with van der Waals surface area (Å²) in [6, 6.07) is 10.6. The van der Waals surface area contributed by atoms with Crippen molar-refractivity contribution < 1.29 is 0 Å². The van der Waals surface area contributed by atoms with Gasteiger partial charge in [0.1, 0.15) is 0 Å². The number of nitrogens with zero attached hydrogens (tertiary/aromatic N) is 1. The molecule has 20 heavy (non-hydrogen) atoms. The van der Waals surface area contributed by atoms with Crippen LogP contribution >= 0.6 is 11.3 Å². The van der Waals surface area contributed by atoms with Crippen LogP contribution in [0.5, 0.6) is 0 Å². The lowest BCUT2D eigenvalue weighted by Gasteiger charge is -2.12. The maximum atomic E-state index is 4.25. The molecule has 0 aliphatic carbocycles. The van der Waals surface area contributed by atoms with Crippen LogP contribution in [0.4, 0.5) is 0 Å². The van der Waals surface area contributed by atoms with Gasteiger partial charge in [0.25, 0.3) is 0 Å². The first-order valence-electron chi connectivity index (χ1n) is 6.72. The number of hydrogen-bond donors (Lipinski definition) is 2. The van der Waals surface area contributed by atoms with Crippen molar-refractivity contribution in [2.75, 3.05) is 7.05 Å². The fourth-order valence-electron chi connectivity index (χ4n) is 1.98. The van der Waals surface area contributed by atoms with E-state index in [0.29, 0.717) is 0 Å². The second kappa shape index (κ2) is 7.10. The topological polar surface area (TPSA) is 36.4 Å². The third-order valence-corrected chi connectivity index (χ3v) is 4.17. The van der Waals surface area contributed by atoms with Gasteiger partial charge in [0.2, 0.25) is 0 Å². The van der Waals surface area contributed by atoms with Crippen molar-refractivity contribution in [1.82, 2.24) is 10.6 Å². The predicted octanol–water partition coefficient (Wildman–Crippen LogP) is 3.23. The van der Waals surface area contributed by atoms with E-state index in [0.717, 1.165) is 19.0 Å². The summed E-state index contributed by atoms with van der Waals surface area (Å²) >= 11 is 1.77. The van der Waals surface area contributed by atoms with Crippen LogP contribution in [0.1, 0.15) is 21.6 Å². The molecule has 0 unspecified atom stereocenters. The van der Waals surface area contributed by atoms with Crippen LogP contribution in [0.2, 0.25) is 0 Å². The Morgan fingerprint density at radius 2 is 1.95 bits per heavy atom. The van der Waals surface area contributed by atoms with Gasteiger partial charge in [0, 0.05) is 18.5 Å². The molecule has 1 aromatic carbocycles. The quantitative estimate of drug-likeness (QED) is 0.669. The van der Waals surface area contributed by atoms with Crippen LogP contribution in [0.3, 0.4) is 0 Å². The summed E-state index contributed by atoms with van der Waals surface area (Å²) in [6.45, 7) is 5.84. The second-order valence-corrected chi connectivity index (χ2v) is 5.80. The Morgan fingerprint density at radius 3 is 2.60 bits per heavy atom. The maximum Gasteiger partial charge on any atom is 0.191 e. The van der Waals surface area contributed by atoms with E-state index in [-0.39, 0.29) is 0 Å². The summed E-state index contributed by atoms with van der Waals surface area (Å²) in [7, 11) is 1.80. The van der Waals surface area contributed by atoms with E-state index in [1.165, 1.54) is 21.6 Å². The first-order chi connectivity index (χ1) is 9.69. The number of guanidine groups is 1. The van der Waals surface area contributed by atoms with Crippen LogP contribution in [-0.4, -0.2) is 13.0 Å². The van der Waals surface area contributed by atoms with Gasteiger partial charge in [0.05, 0.1) is 6.54 Å². The van der Waals surface area contributed by atoms with Gasteiger partial charge < -0.3 is 10.6 Å². The van der Waals surface area contributed by atoms with E-state index < -0.39 is 0 Å². The molecule has 0 saturated heterocycles. The molecule has 2 aromatic rings. The summed E-state index contributed by atoms with van der Waals surface area (Å²) in [5.74, 6) is 0.833. The molecule has 1 heterocycles. The van der Waals surface area contributed by atoms with E-state index in [4.69, 9.17) is 0 Å². The molecule has 0 spiro atoms. The minimum absolute atomic E-state index is 0.783. The van der Waals surface area contributed by atoms with E-state index in [1.54, 1.807) is 18.4 Å². The number of hydrogen-bond acceptors (Lipinski definition) is 2. The molecule has 2 N–H and O–H groups in total. The smallest absolute Gasteiger partial charge is 0.191 e. The fourth-order valence-corrected chi connectivity index (χ4v) is 2.82. The van der Waals surface area contributed by atoms with Crippen LogP contribution in [0, 0.1) is 13.8 Å². The normalized spacial score (nSPS) is 11.4. The standard InChI is InChI=1S/C16H21N3S/c1-12-5-4-6-14(9-12)10-18-16(17-3)19-11-15-13(2)7-8-20-15/h4-9H,10-11H2,1-3H3,(H2,17,18,19).